The van der Waals surface area contributed by atoms with Gasteiger partial charge in [0.25, 0.3) is 0 Å². The standard InChI is InChI=1S/C31H46O3/c1-4-6-8-9-10-11-12-14-16-27-19-23-30(24-20-27)33-25-28-17-21-29(22-18-28)31(32)34-26(3)15-13-7-5-2/h17-24,26H,4-16,25H2,1-3H3/t26-/m1/s1. The second kappa shape index (κ2) is 17.2. The van der Waals surface area contributed by atoms with E-state index in [1.165, 1.54) is 69.8 Å². The molecular weight excluding hydrogens is 420 g/mol. The van der Waals surface area contributed by atoms with E-state index in [0.717, 1.165) is 30.6 Å². The molecule has 2 rings (SSSR count). The molecule has 0 spiro atoms. The molecular formula is C31H46O3. The molecule has 0 unspecified atom stereocenters. The Morgan fingerprint density at radius 3 is 1.91 bits per heavy atom. The van der Waals surface area contributed by atoms with Crippen LogP contribution in [-0.4, -0.2) is 12.1 Å². The summed E-state index contributed by atoms with van der Waals surface area (Å²) in [5, 5.41) is 0. The lowest BCUT2D eigenvalue weighted by molar-refractivity contribution is 0.0319. The fourth-order valence-corrected chi connectivity index (χ4v) is 4.11. The molecule has 0 bridgehead atoms. The summed E-state index contributed by atoms with van der Waals surface area (Å²) in [5.74, 6) is 0.632. The summed E-state index contributed by atoms with van der Waals surface area (Å²) < 4.78 is 11.5. The highest BCUT2D eigenvalue weighted by Crippen LogP contribution is 2.17. The van der Waals surface area contributed by atoms with Gasteiger partial charge in [-0.15, -0.1) is 0 Å². The summed E-state index contributed by atoms with van der Waals surface area (Å²) in [6.45, 7) is 6.90. The second-order valence-corrected chi connectivity index (χ2v) is 9.57. The third-order valence-electron chi connectivity index (χ3n) is 6.36. The Bertz CT molecular complexity index is 779. The summed E-state index contributed by atoms with van der Waals surface area (Å²) >= 11 is 0. The van der Waals surface area contributed by atoms with E-state index in [0.29, 0.717) is 12.2 Å². The minimum absolute atomic E-state index is 0.0411. The first-order valence-corrected chi connectivity index (χ1v) is 13.6. The van der Waals surface area contributed by atoms with Crippen molar-refractivity contribution >= 4 is 5.97 Å². The largest absolute Gasteiger partial charge is 0.489 e. The zero-order chi connectivity index (χ0) is 24.4. The molecule has 2 aromatic rings. The molecule has 0 aliphatic rings. The van der Waals surface area contributed by atoms with Gasteiger partial charge >= 0.3 is 5.97 Å². The zero-order valence-electron chi connectivity index (χ0n) is 21.8. The number of ether oxygens (including phenoxy) is 2. The summed E-state index contributed by atoms with van der Waals surface area (Å²) in [6, 6.07) is 16.0. The maximum atomic E-state index is 12.3. The third kappa shape index (κ3) is 11.7. The van der Waals surface area contributed by atoms with Crippen LogP contribution in [0.15, 0.2) is 48.5 Å². The molecule has 0 radical (unpaired) electrons. The number of hydrogen-bond acceptors (Lipinski definition) is 3. The molecule has 1 atom stereocenters. The molecule has 3 nitrogen and oxygen atoms in total. The maximum Gasteiger partial charge on any atom is 0.338 e. The molecule has 0 saturated heterocycles. The summed E-state index contributed by atoms with van der Waals surface area (Å²) in [4.78, 5) is 12.3. The lowest BCUT2D eigenvalue weighted by atomic mass is 10.0. The molecule has 34 heavy (non-hydrogen) atoms. The van der Waals surface area contributed by atoms with Crippen LogP contribution in [-0.2, 0) is 17.8 Å². The predicted octanol–water partition coefficient (Wildman–Crippen LogP) is 9.07. The average molecular weight is 467 g/mol. The predicted molar refractivity (Wildman–Crippen MR) is 143 cm³/mol. The summed E-state index contributed by atoms with van der Waals surface area (Å²) in [6.07, 6.45) is 16.3. The Morgan fingerprint density at radius 2 is 1.26 bits per heavy atom. The zero-order valence-corrected chi connectivity index (χ0v) is 21.8. The first-order valence-electron chi connectivity index (χ1n) is 13.6. The number of aryl methyl sites for hydroxylation is 1. The van der Waals surface area contributed by atoms with E-state index in [9.17, 15) is 4.79 Å². The monoisotopic (exact) mass is 466 g/mol. The van der Waals surface area contributed by atoms with E-state index in [4.69, 9.17) is 9.47 Å². The van der Waals surface area contributed by atoms with E-state index >= 15 is 0 Å². The van der Waals surface area contributed by atoms with Gasteiger partial charge in [0.1, 0.15) is 12.4 Å². The highest BCUT2D eigenvalue weighted by molar-refractivity contribution is 5.89. The number of carbonyl (C=O) groups excluding carboxylic acids is 1. The van der Waals surface area contributed by atoms with Crippen LogP contribution < -0.4 is 4.74 Å². The number of hydrogen-bond donors (Lipinski definition) is 0. The molecule has 0 heterocycles. The van der Waals surface area contributed by atoms with Gasteiger partial charge in [-0.1, -0.05) is 95.9 Å². The van der Waals surface area contributed by atoms with Gasteiger partial charge < -0.3 is 9.47 Å². The molecule has 2 aromatic carbocycles. The van der Waals surface area contributed by atoms with Gasteiger partial charge in [0.15, 0.2) is 0 Å². The Morgan fingerprint density at radius 1 is 0.706 bits per heavy atom. The SMILES string of the molecule is CCCCCCCCCCc1ccc(OCc2ccc(C(=O)O[C@H](C)CCCCC)cc2)cc1. The minimum atomic E-state index is -0.247. The van der Waals surface area contributed by atoms with Crippen molar-refractivity contribution in [1.82, 2.24) is 0 Å². The molecule has 0 saturated carbocycles. The second-order valence-electron chi connectivity index (χ2n) is 9.57. The van der Waals surface area contributed by atoms with Gasteiger partial charge in [-0.25, -0.2) is 4.79 Å². The minimum Gasteiger partial charge on any atom is -0.489 e. The Balaban J connectivity index is 1.66. The van der Waals surface area contributed by atoms with Crippen molar-refractivity contribution in [3.8, 4) is 5.75 Å². The summed E-state index contributed by atoms with van der Waals surface area (Å²) in [5.41, 5.74) is 3.01. The molecule has 0 aromatic heterocycles. The van der Waals surface area contributed by atoms with Gasteiger partial charge in [-0.3, -0.25) is 0 Å². The highest BCUT2D eigenvalue weighted by atomic mass is 16.5. The number of carbonyl (C=O) groups is 1. The normalized spacial score (nSPS) is 11.9. The van der Waals surface area contributed by atoms with E-state index in [-0.39, 0.29) is 12.1 Å². The van der Waals surface area contributed by atoms with Gasteiger partial charge in [0, 0.05) is 0 Å². The number of rotatable bonds is 18. The molecule has 0 N–H and O–H groups in total. The van der Waals surface area contributed by atoms with Gasteiger partial charge in [0.2, 0.25) is 0 Å². The average Bonchev–Trinajstić information content (AvgIpc) is 2.85. The maximum absolute atomic E-state index is 12.3. The van der Waals surface area contributed by atoms with Crippen molar-refractivity contribution < 1.29 is 14.3 Å². The van der Waals surface area contributed by atoms with Crippen LogP contribution >= 0.6 is 0 Å². The van der Waals surface area contributed by atoms with Crippen LogP contribution in [0.2, 0.25) is 0 Å². The Hall–Kier alpha value is -2.29. The van der Waals surface area contributed by atoms with Crippen molar-refractivity contribution in [2.45, 2.75) is 117 Å². The van der Waals surface area contributed by atoms with Gasteiger partial charge in [0.05, 0.1) is 11.7 Å². The molecule has 0 aliphatic carbocycles. The van der Waals surface area contributed by atoms with Crippen LogP contribution in [0.5, 0.6) is 5.75 Å². The lowest BCUT2D eigenvalue weighted by Gasteiger charge is -2.13. The molecule has 0 aliphatic heterocycles. The Kier molecular flexibility index (Phi) is 14.1. The molecule has 0 amide bonds. The van der Waals surface area contributed by atoms with Crippen LogP contribution in [0.1, 0.15) is 119 Å². The van der Waals surface area contributed by atoms with Crippen LogP contribution in [0.25, 0.3) is 0 Å². The van der Waals surface area contributed by atoms with Crippen molar-refractivity contribution in [2.24, 2.45) is 0 Å². The van der Waals surface area contributed by atoms with Crippen molar-refractivity contribution in [1.29, 1.82) is 0 Å². The van der Waals surface area contributed by atoms with Crippen LogP contribution in [0, 0.1) is 0 Å². The van der Waals surface area contributed by atoms with Gasteiger partial charge in [-0.05, 0) is 68.0 Å². The van der Waals surface area contributed by atoms with Crippen LogP contribution in [0.4, 0.5) is 0 Å². The van der Waals surface area contributed by atoms with E-state index < -0.39 is 0 Å². The summed E-state index contributed by atoms with van der Waals surface area (Å²) in [7, 11) is 0. The van der Waals surface area contributed by atoms with Gasteiger partial charge in [-0.2, -0.15) is 0 Å². The third-order valence-corrected chi connectivity index (χ3v) is 6.36. The smallest absolute Gasteiger partial charge is 0.338 e. The van der Waals surface area contributed by atoms with E-state index in [1.807, 2.05) is 31.2 Å². The first kappa shape index (κ1) is 28.0. The molecule has 188 valence electrons. The topological polar surface area (TPSA) is 35.5 Å². The number of esters is 1. The van der Waals surface area contributed by atoms with Crippen molar-refractivity contribution in [3.05, 3.63) is 65.2 Å². The number of benzene rings is 2. The quantitative estimate of drug-likeness (QED) is 0.162. The first-order chi connectivity index (χ1) is 16.6. The Labute approximate surface area is 208 Å². The molecule has 0 fully saturated rings. The lowest BCUT2D eigenvalue weighted by Crippen LogP contribution is -2.15. The van der Waals surface area contributed by atoms with Crippen molar-refractivity contribution in [3.63, 3.8) is 0 Å². The molecule has 3 heteroatoms. The van der Waals surface area contributed by atoms with Crippen molar-refractivity contribution in [2.75, 3.05) is 0 Å². The van der Waals surface area contributed by atoms with E-state index in [1.54, 1.807) is 0 Å². The number of unbranched alkanes of at least 4 members (excludes halogenated alkanes) is 9. The fourth-order valence-electron chi connectivity index (χ4n) is 4.11. The highest BCUT2D eigenvalue weighted by Gasteiger charge is 2.12. The van der Waals surface area contributed by atoms with E-state index in [2.05, 4.69) is 38.1 Å². The fraction of sp³-hybridized carbons (Fsp3) is 0.581. The van der Waals surface area contributed by atoms with Crippen LogP contribution in [0.3, 0.4) is 0 Å².